The summed E-state index contributed by atoms with van der Waals surface area (Å²) in [5.41, 5.74) is 14.2. The summed E-state index contributed by atoms with van der Waals surface area (Å²) < 4.78 is 4.71. The van der Waals surface area contributed by atoms with Gasteiger partial charge in [0.25, 0.3) is 0 Å². The number of hydrogen-bond acceptors (Lipinski definition) is 10. The molecule has 0 aliphatic heterocycles. The molecule has 0 unspecified atom stereocenters. The number of nitriles is 1. The van der Waals surface area contributed by atoms with Crippen molar-refractivity contribution in [2.45, 2.75) is 27.7 Å². The molecule has 5 aromatic heterocycles. The van der Waals surface area contributed by atoms with E-state index in [2.05, 4.69) is 146 Å². The highest BCUT2D eigenvalue weighted by Crippen LogP contribution is 2.45. The molecule has 0 spiro atoms. The predicted octanol–water partition coefficient (Wildman–Crippen LogP) is 15.2. The molecule has 0 radical (unpaired) electrons. The maximum Gasteiger partial charge on any atom is 0.164 e. The average Bonchev–Trinajstić information content (AvgIpc) is 4.16. The maximum absolute atomic E-state index is 10.6. The van der Waals surface area contributed by atoms with E-state index in [9.17, 15) is 5.26 Å². The first-order chi connectivity index (χ1) is 39.2. The average molecular weight is 1030 g/mol. The normalized spacial score (nSPS) is 11.5. The zero-order chi connectivity index (χ0) is 54.0. The molecule has 0 atom stereocenters. The highest BCUT2D eigenvalue weighted by atomic mass is 15.1. The third kappa shape index (κ3) is 8.29. The Hall–Kier alpha value is -10.9. The van der Waals surface area contributed by atoms with E-state index in [0.717, 1.165) is 105 Å². The topological polar surface area (TPSA) is 150 Å². The highest BCUT2D eigenvalue weighted by Gasteiger charge is 2.25. The standard InChI is InChI=1S/C68H46N12/c1-40-70-41(2)73-66(72-40)47-28-32-60-54(36-47)52-23-13-15-25-58(52)79(60)62-31-27-46(51-22-12-11-21-50(51)39-69)35-56(62)57-38-49(68-77-64(44-17-7-5-8-18-44)76-65(78-68)45-19-9-6-10-20-45)30-34-63(57)80-59-26-16-14-24-53(59)55-37-48(29-33-61(55)80)67-74-42(3)71-43(4)75-67/h5-38H,1-4H3. The minimum atomic E-state index is 0.515. The fourth-order valence-electron chi connectivity index (χ4n) is 11.2. The highest BCUT2D eigenvalue weighted by molar-refractivity contribution is 6.13. The van der Waals surface area contributed by atoms with Crippen LogP contribution < -0.4 is 0 Å². The van der Waals surface area contributed by atoms with Gasteiger partial charge in [0, 0.05) is 60.5 Å². The van der Waals surface area contributed by atoms with Gasteiger partial charge in [0.1, 0.15) is 23.3 Å². The fourth-order valence-corrected chi connectivity index (χ4v) is 11.2. The zero-order valence-corrected chi connectivity index (χ0v) is 44.0. The van der Waals surface area contributed by atoms with Crippen LogP contribution in [-0.2, 0) is 0 Å². The van der Waals surface area contributed by atoms with Gasteiger partial charge in [-0.05, 0) is 124 Å². The number of nitrogens with zero attached hydrogens (tertiary/aromatic N) is 12. The second kappa shape index (κ2) is 19.3. The second-order valence-electron chi connectivity index (χ2n) is 19.8. The van der Waals surface area contributed by atoms with Crippen molar-refractivity contribution in [3.8, 4) is 96.6 Å². The number of aromatic nitrogens is 11. The van der Waals surface area contributed by atoms with Crippen molar-refractivity contribution in [2.75, 3.05) is 0 Å². The summed E-state index contributed by atoms with van der Waals surface area (Å²) in [5, 5.41) is 14.8. The molecule has 80 heavy (non-hydrogen) atoms. The molecule has 14 aromatic rings. The molecule has 9 aromatic carbocycles. The second-order valence-corrected chi connectivity index (χ2v) is 19.8. The van der Waals surface area contributed by atoms with E-state index in [0.29, 0.717) is 58.0 Å². The van der Waals surface area contributed by atoms with E-state index >= 15 is 0 Å². The van der Waals surface area contributed by atoms with Crippen LogP contribution in [0.15, 0.2) is 206 Å². The van der Waals surface area contributed by atoms with Crippen molar-refractivity contribution in [1.82, 2.24) is 54.0 Å². The lowest BCUT2D eigenvalue weighted by molar-refractivity contribution is 0.928. The van der Waals surface area contributed by atoms with Crippen LogP contribution in [0.3, 0.4) is 0 Å². The lowest BCUT2D eigenvalue weighted by Crippen LogP contribution is -2.04. The van der Waals surface area contributed by atoms with Gasteiger partial charge in [-0.1, -0.05) is 121 Å². The van der Waals surface area contributed by atoms with Gasteiger partial charge in [-0.3, -0.25) is 0 Å². The summed E-state index contributed by atoms with van der Waals surface area (Å²) in [6.45, 7) is 7.58. The van der Waals surface area contributed by atoms with Crippen molar-refractivity contribution in [2.24, 2.45) is 0 Å². The summed E-state index contributed by atoms with van der Waals surface area (Å²) in [6, 6.07) is 73.3. The smallest absolute Gasteiger partial charge is 0.164 e. The molecule has 12 heteroatoms. The number of rotatable bonds is 9. The molecule has 0 saturated carbocycles. The van der Waals surface area contributed by atoms with Gasteiger partial charge in [-0.2, -0.15) is 5.26 Å². The van der Waals surface area contributed by atoms with Crippen LogP contribution in [-0.4, -0.2) is 54.0 Å². The molecule has 0 aliphatic rings. The number of aryl methyl sites for hydroxylation is 4. The first-order valence-electron chi connectivity index (χ1n) is 26.3. The van der Waals surface area contributed by atoms with E-state index < -0.39 is 0 Å². The van der Waals surface area contributed by atoms with Crippen LogP contribution in [0.5, 0.6) is 0 Å². The molecule has 0 fully saturated rings. The Labute approximate surface area is 460 Å². The van der Waals surface area contributed by atoms with Gasteiger partial charge in [0.05, 0.1) is 45.1 Å². The maximum atomic E-state index is 10.6. The summed E-state index contributed by atoms with van der Waals surface area (Å²) in [7, 11) is 0. The number of fused-ring (bicyclic) bond motifs is 6. The Morgan fingerprint density at radius 3 is 1.14 bits per heavy atom. The monoisotopic (exact) mass is 1030 g/mol. The molecular weight excluding hydrogens is 985 g/mol. The van der Waals surface area contributed by atoms with E-state index in [4.69, 9.17) is 34.9 Å². The van der Waals surface area contributed by atoms with Crippen LogP contribution in [0.1, 0.15) is 28.9 Å². The van der Waals surface area contributed by atoms with E-state index in [-0.39, 0.29) is 0 Å². The van der Waals surface area contributed by atoms with Crippen molar-refractivity contribution >= 4 is 43.6 Å². The summed E-state index contributed by atoms with van der Waals surface area (Å²) in [5.74, 6) is 5.53. The lowest BCUT2D eigenvalue weighted by atomic mass is 9.93. The first kappa shape index (κ1) is 47.5. The lowest BCUT2D eigenvalue weighted by Gasteiger charge is -2.21. The molecule has 0 N–H and O–H groups in total. The van der Waals surface area contributed by atoms with E-state index in [1.54, 1.807) is 0 Å². The zero-order valence-electron chi connectivity index (χ0n) is 44.0. The summed E-state index contributed by atoms with van der Waals surface area (Å²) in [4.78, 5) is 43.6. The molecule has 12 nitrogen and oxygen atoms in total. The Morgan fingerprint density at radius 1 is 0.287 bits per heavy atom. The molecule has 5 heterocycles. The summed E-state index contributed by atoms with van der Waals surface area (Å²) >= 11 is 0. The van der Waals surface area contributed by atoms with Gasteiger partial charge >= 0.3 is 0 Å². The van der Waals surface area contributed by atoms with Gasteiger partial charge in [0.2, 0.25) is 0 Å². The molecule has 0 amide bonds. The van der Waals surface area contributed by atoms with Gasteiger partial charge in [-0.15, -0.1) is 0 Å². The van der Waals surface area contributed by atoms with Crippen molar-refractivity contribution in [1.29, 1.82) is 5.26 Å². The minimum Gasteiger partial charge on any atom is -0.309 e. The van der Waals surface area contributed by atoms with Crippen molar-refractivity contribution in [3.05, 3.63) is 235 Å². The minimum absolute atomic E-state index is 0.515. The Kier molecular flexibility index (Phi) is 11.5. The molecular formula is C68H46N12. The van der Waals surface area contributed by atoms with Gasteiger partial charge in [0.15, 0.2) is 29.1 Å². The predicted molar refractivity (Wildman–Crippen MR) is 317 cm³/mol. The first-order valence-corrected chi connectivity index (χ1v) is 26.3. The molecule has 0 bridgehead atoms. The number of hydrogen-bond donors (Lipinski definition) is 0. The molecule has 14 rings (SSSR count). The van der Waals surface area contributed by atoms with E-state index in [1.165, 1.54) is 0 Å². The van der Waals surface area contributed by atoms with Gasteiger partial charge in [-0.25, -0.2) is 44.9 Å². The molecule has 0 saturated heterocycles. The SMILES string of the molecule is Cc1nc(C)nc(-c2ccc3c(c2)c2ccccc2n3-c2ccc(-c3nc(-c4ccccc4)nc(-c4ccccc4)n3)cc2-c2cc(-c3ccccc3C#N)ccc2-n2c3ccccc3c3cc(-c4nc(C)nc(C)n4)ccc32)n1. The van der Waals surface area contributed by atoms with Crippen LogP contribution in [0, 0.1) is 39.0 Å². The van der Waals surface area contributed by atoms with Crippen LogP contribution in [0.2, 0.25) is 0 Å². The Bertz CT molecular complexity index is 4740. The van der Waals surface area contributed by atoms with Crippen molar-refractivity contribution in [3.63, 3.8) is 0 Å². The Balaban J connectivity index is 1.09. The van der Waals surface area contributed by atoms with E-state index in [1.807, 2.05) is 113 Å². The third-order valence-electron chi connectivity index (χ3n) is 14.7. The van der Waals surface area contributed by atoms with Crippen LogP contribution >= 0.6 is 0 Å². The van der Waals surface area contributed by atoms with Gasteiger partial charge < -0.3 is 9.13 Å². The number of para-hydroxylation sites is 2. The van der Waals surface area contributed by atoms with Crippen molar-refractivity contribution < 1.29 is 0 Å². The van der Waals surface area contributed by atoms with Crippen LogP contribution in [0.25, 0.3) is 134 Å². The third-order valence-corrected chi connectivity index (χ3v) is 14.7. The Morgan fingerprint density at radius 2 is 0.650 bits per heavy atom. The fraction of sp³-hybridized carbons (Fsp3) is 0.0588. The quantitative estimate of drug-likeness (QED) is 0.137. The largest absolute Gasteiger partial charge is 0.309 e. The molecule has 378 valence electrons. The van der Waals surface area contributed by atoms with Crippen LogP contribution in [0.4, 0.5) is 0 Å². The number of benzene rings is 9. The molecule has 0 aliphatic carbocycles. The summed E-state index contributed by atoms with van der Waals surface area (Å²) in [6.07, 6.45) is 0.